The summed E-state index contributed by atoms with van der Waals surface area (Å²) in [6, 6.07) is 31.1. The van der Waals surface area contributed by atoms with Crippen LogP contribution in [0, 0.1) is 0 Å². The molecule has 120 valence electrons. The zero-order valence-electron chi connectivity index (χ0n) is 14.2. The number of fused-ring (bicyclic) bond motifs is 1. The van der Waals surface area contributed by atoms with Crippen LogP contribution in [0.4, 0.5) is 0 Å². The van der Waals surface area contributed by atoms with E-state index in [0.29, 0.717) is 17.8 Å². The summed E-state index contributed by atoms with van der Waals surface area (Å²) in [6.45, 7) is 2.39. The highest BCUT2D eigenvalue weighted by Crippen LogP contribution is 2.47. The van der Waals surface area contributed by atoms with E-state index in [1.54, 1.807) is 5.56 Å². The standard InChI is InChI=1S/C24H24/c1-18(19-10-4-2-5-11-19)21-16-17-22(20-12-6-3-7-13-20)24-15-9-8-14-23(21)24/h2-15,18,21-22H,16-17H2,1H3/t18?,21-,22-/m0/s1. The Morgan fingerprint density at radius 3 is 1.96 bits per heavy atom. The first-order valence-electron chi connectivity index (χ1n) is 9.03. The largest absolute Gasteiger partial charge is 0.0622 e. The SMILES string of the molecule is CC(c1ccccc1)[C@@H]1CC[C@@H](c2ccccc2)c2ccccc21. The van der Waals surface area contributed by atoms with E-state index in [1.807, 2.05) is 0 Å². The molecule has 0 aromatic heterocycles. The zero-order chi connectivity index (χ0) is 16.4. The summed E-state index contributed by atoms with van der Waals surface area (Å²) in [6.07, 6.45) is 2.50. The lowest BCUT2D eigenvalue weighted by molar-refractivity contribution is 0.464. The highest BCUT2D eigenvalue weighted by Gasteiger charge is 2.31. The molecule has 0 bridgehead atoms. The molecule has 1 aliphatic rings. The minimum absolute atomic E-state index is 0.543. The van der Waals surface area contributed by atoms with Gasteiger partial charge in [0.25, 0.3) is 0 Å². The summed E-state index contributed by atoms with van der Waals surface area (Å²) in [5.41, 5.74) is 5.99. The molecule has 0 nitrogen and oxygen atoms in total. The van der Waals surface area contributed by atoms with Gasteiger partial charge in [-0.1, -0.05) is 91.9 Å². The molecule has 0 aliphatic heterocycles. The Kier molecular flexibility index (Phi) is 4.21. The molecule has 0 heteroatoms. The molecule has 0 amide bonds. The first kappa shape index (κ1) is 15.2. The maximum Gasteiger partial charge on any atom is 0.00924 e. The van der Waals surface area contributed by atoms with Gasteiger partial charge in [0.2, 0.25) is 0 Å². The smallest absolute Gasteiger partial charge is 0.00924 e. The van der Waals surface area contributed by atoms with Crippen molar-refractivity contribution in [3.05, 3.63) is 107 Å². The molecule has 0 spiro atoms. The third-order valence-corrected chi connectivity index (χ3v) is 5.67. The molecule has 0 saturated heterocycles. The molecular formula is C24H24. The van der Waals surface area contributed by atoms with E-state index in [4.69, 9.17) is 0 Å². The van der Waals surface area contributed by atoms with Crippen LogP contribution in [0.3, 0.4) is 0 Å². The number of benzene rings is 3. The lowest BCUT2D eigenvalue weighted by atomic mass is 9.69. The summed E-state index contributed by atoms with van der Waals surface area (Å²) in [7, 11) is 0. The normalized spacial score (nSPS) is 21.0. The van der Waals surface area contributed by atoms with E-state index in [2.05, 4.69) is 91.9 Å². The summed E-state index contributed by atoms with van der Waals surface area (Å²) in [4.78, 5) is 0. The summed E-state index contributed by atoms with van der Waals surface area (Å²) in [5.74, 6) is 1.72. The average Bonchev–Trinajstić information content (AvgIpc) is 2.68. The highest BCUT2D eigenvalue weighted by molar-refractivity contribution is 5.43. The van der Waals surface area contributed by atoms with E-state index in [1.165, 1.54) is 29.5 Å². The molecule has 1 aliphatic carbocycles. The molecular weight excluding hydrogens is 288 g/mol. The van der Waals surface area contributed by atoms with Crippen LogP contribution in [0.15, 0.2) is 84.9 Å². The van der Waals surface area contributed by atoms with Gasteiger partial charge in [0.05, 0.1) is 0 Å². The van der Waals surface area contributed by atoms with Crippen LogP contribution in [0.25, 0.3) is 0 Å². The van der Waals surface area contributed by atoms with Crippen molar-refractivity contribution in [2.75, 3.05) is 0 Å². The lowest BCUT2D eigenvalue weighted by Crippen LogP contribution is -2.19. The monoisotopic (exact) mass is 312 g/mol. The lowest BCUT2D eigenvalue weighted by Gasteiger charge is -2.35. The second-order valence-electron chi connectivity index (χ2n) is 6.98. The fraction of sp³-hybridized carbons (Fsp3) is 0.250. The van der Waals surface area contributed by atoms with E-state index in [-0.39, 0.29) is 0 Å². The number of rotatable bonds is 3. The van der Waals surface area contributed by atoms with E-state index >= 15 is 0 Å². The predicted octanol–water partition coefficient (Wildman–Crippen LogP) is 6.50. The minimum atomic E-state index is 0.543. The molecule has 1 unspecified atom stereocenters. The Hall–Kier alpha value is -2.34. The molecule has 3 aromatic carbocycles. The fourth-order valence-corrected chi connectivity index (χ4v) is 4.36. The van der Waals surface area contributed by atoms with Crippen LogP contribution in [-0.2, 0) is 0 Å². The van der Waals surface area contributed by atoms with Crippen molar-refractivity contribution in [2.24, 2.45) is 0 Å². The molecule has 3 aromatic rings. The second-order valence-corrected chi connectivity index (χ2v) is 6.98. The minimum Gasteiger partial charge on any atom is -0.0622 e. The van der Waals surface area contributed by atoms with E-state index < -0.39 is 0 Å². The van der Waals surface area contributed by atoms with Gasteiger partial charge < -0.3 is 0 Å². The summed E-state index contributed by atoms with van der Waals surface area (Å²) < 4.78 is 0. The maximum absolute atomic E-state index is 2.39. The molecule has 0 saturated carbocycles. The Labute approximate surface area is 145 Å². The van der Waals surface area contributed by atoms with Crippen molar-refractivity contribution in [1.29, 1.82) is 0 Å². The topological polar surface area (TPSA) is 0 Å². The van der Waals surface area contributed by atoms with Crippen LogP contribution < -0.4 is 0 Å². The average molecular weight is 312 g/mol. The predicted molar refractivity (Wildman–Crippen MR) is 102 cm³/mol. The van der Waals surface area contributed by atoms with Crippen molar-refractivity contribution in [3.63, 3.8) is 0 Å². The molecule has 3 atom stereocenters. The third-order valence-electron chi connectivity index (χ3n) is 5.67. The molecule has 0 N–H and O–H groups in total. The van der Waals surface area contributed by atoms with Gasteiger partial charge in [-0.3, -0.25) is 0 Å². The van der Waals surface area contributed by atoms with Crippen molar-refractivity contribution in [3.8, 4) is 0 Å². The van der Waals surface area contributed by atoms with Crippen LogP contribution in [0.5, 0.6) is 0 Å². The Morgan fingerprint density at radius 2 is 1.25 bits per heavy atom. The fourth-order valence-electron chi connectivity index (χ4n) is 4.36. The van der Waals surface area contributed by atoms with Crippen molar-refractivity contribution in [1.82, 2.24) is 0 Å². The van der Waals surface area contributed by atoms with Gasteiger partial charge in [-0.15, -0.1) is 0 Å². The van der Waals surface area contributed by atoms with Gasteiger partial charge in [0.15, 0.2) is 0 Å². The van der Waals surface area contributed by atoms with Gasteiger partial charge in [-0.2, -0.15) is 0 Å². The Morgan fingerprint density at radius 1 is 0.667 bits per heavy atom. The summed E-state index contributed by atoms with van der Waals surface area (Å²) in [5, 5.41) is 0. The van der Waals surface area contributed by atoms with Crippen LogP contribution in [0.1, 0.15) is 59.8 Å². The number of hydrogen-bond donors (Lipinski definition) is 0. The van der Waals surface area contributed by atoms with Gasteiger partial charge in [0.1, 0.15) is 0 Å². The first-order valence-corrected chi connectivity index (χ1v) is 9.03. The van der Waals surface area contributed by atoms with Crippen LogP contribution in [-0.4, -0.2) is 0 Å². The van der Waals surface area contributed by atoms with Crippen molar-refractivity contribution >= 4 is 0 Å². The summed E-state index contributed by atoms with van der Waals surface area (Å²) >= 11 is 0. The molecule has 24 heavy (non-hydrogen) atoms. The second kappa shape index (κ2) is 6.65. The number of hydrogen-bond acceptors (Lipinski definition) is 0. The first-order chi connectivity index (χ1) is 11.8. The van der Waals surface area contributed by atoms with Crippen molar-refractivity contribution < 1.29 is 0 Å². The quantitative estimate of drug-likeness (QED) is 0.518. The van der Waals surface area contributed by atoms with Crippen LogP contribution >= 0.6 is 0 Å². The van der Waals surface area contributed by atoms with E-state index in [0.717, 1.165) is 0 Å². The van der Waals surface area contributed by atoms with Gasteiger partial charge in [-0.05, 0) is 46.9 Å². The maximum atomic E-state index is 2.39. The third kappa shape index (κ3) is 2.78. The van der Waals surface area contributed by atoms with Crippen LogP contribution in [0.2, 0.25) is 0 Å². The molecule has 0 heterocycles. The van der Waals surface area contributed by atoms with Crippen molar-refractivity contribution in [2.45, 2.75) is 37.5 Å². The highest BCUT2D eigenvalue weighted by atomic mass is 14.3. The molecule has 0 fully saturated rings. The Balaban J connectivity index is 1.72. The zero-order valence-corrected chi connectivity index (χ0v) is 14.2. The van der Waals surface area contributed by atoms with E-state index in [9.17, 15) is 0 Å². The molecule has 4 rings (SSSR count). The van der Waals surface area contributed by atoms with Gasteiger partial charge in [-0.25, -0.2) is 0 Å². The molecule has 0 radical (unpaired) electrons. The van der Waals surface area contributed by atoms with Gasteiger partial charge >= 0.3 is 0 Å². The van der Waals surface area contributed by atoms with Gasteiger partial charge in [0, 0.05) is 5.92 Å². The Bertz CT molecular complexity index is 789.